The number of alkyl halides is 3. The highest BCUT2D eigenvalue weighted by Gasteiger charge is 2.34. The summed E-state index contributed by atoms with van der Waals surface area (Å²) in [5, 5.41) is 3.63. The van der Waals surface area contributed by atoms with Gasteiger partial charge >= 0.3 is 6.18 Å². The minimum Gasteiger partial charge on any atom is -0.437 e. The number of nitrogens with zero attached hydrogens (tertiary/aromatic N) is 5. The molecule has 0 saturated carbocycles. The molecular formula is C18H11ClF3N5O. The zero-order valence-corrected chi connectivity index (χ0v) is 15.0. The number of ether oxygens (including phenoxy) is 1. The van der Waals surface area contributed by atoms with E-state index < -0.39 is 11.9 Å². The Morgan fingerprint density at radius 3 is 2.50 bits per heavy atom. The summed E-state index contributed by atoms with van der Waals surface area (Å²) in [5.41, 5.74) is 0.844. The van der Waals surface area contributed by atoms with E-state index in [0.717, 1.165) is 6.07 Å². The summed E-state index contributed by atoms with van der Waals surface area (Å²) in [5.74, 6) is 0.587. The van der Waals surface area contributed by atoms with Crippen molar-refractivity contribution in [3.05, 3.63) is 65.3 Å². The second-order valence-electron chi connectivity index (χ2n) is 5.85. The van der Waals surface area contributed by atoms with Gasteiger partial charge in [-0.25, -0.2) is 14.6 Å². The predicted molar refractivity (Wildman–Crippen MR) is 95.7 cm³/mol. The molecule has 0 unspecified atom stereocenters. The zero-order chi connectivity index (χ0) is 19.9. The lowest BCUT2D eigenvalue weighted by Crippen LogP contribution is -2.07. The SMILES string of the molecule is Cc1cc(C(F)(F)F)nn1-c1ccc(Oc2nc(Cl)nc3cccnc23)cc1. The second-order valence-corrected chi connectivity index (χ2v) is 6.18. The van der Waals surface area contributed by atoms with Crippen LogP contribution in [0.1, 0.15) is 11.4 Å². The van der Waals surface area contributed by atoms with E-state index in [1.165, 1.54) is 4.68 Å². The monoisotopic (exact) mass is 405 g/mol. The number of aromatic nitrogens is 5. The molecule has 3 aromatic heterocycles. The Bertz CT molecular complexity index is 1160. The number of pyridine rings is 1. The molecule has 0 atom stereocenters. The van der Waals surface area contributed by atoms with Crippen molar-refractivity contribution in [3.63, 3.8) is 0 Å². The van der Waals surface area contributed by atoms with Crippen molar-refractivity contribution < 1.29 is 17.9 Å². The molecule has 1 aromatic carbocycles. The minimum atomic E-state index is -4.50. The quantitative estimate of drug-likeness (QED) is 0.449. The van der Waals surface area contributed by atoms with Crippen molar-refractivity contribution >= 4 is 22.6 Å². The first-order valence-corrected chi connectivity index (χ1v) is 8.39. The van der Waals surface area contributed by atoms with Gasteiger partial charge in [0, 0.05) is 11.9 Å². The molecule has 4 rings (SSSR count). The fourth-order valence-electron chi connectivity index (χ4n) is 2.63. The first-order chi connectivity index (χ1) is 13.3. The van der Waals surface area contributed by atoms with Gasteiger partial charge in [0.1, 0.15) is 5.75 Å². The Kier molecular flexibility index (Phi) is 4.38. The van der Waals surface area contributed by atoms with E-state index in [9.17, 15) is 13.2 Å². The van der Waals surface area contributed by atoms with Gasteiger partial charge in [0.15, 0.2) is 11.2 Å². The highest BCUT2D eigenvalue weighted by molar-refractivity contribution is 6.28. The van der Waals surface area contributed by atoms with Gasteiger partial charge < -0.3 is 4.74 Å². The Hall–Kier alpha value is -3.20. The fraction of sp³-hybridized carbons (Fsp3) is 0.111. The van der Waals surface area contributed by atoms with E-state index in [1.807, 2.05) is 0 Å². The van der Waals surface area contributed by atoms with Crippen LogP contribution in [0.4, 0.5) is 13.2 Å². The highest BCUT2D eigenvalue weighted by atomic mass is 35.5. The average molecular weight is 406 g/mol. The smallest absolute Gasteiger partial charge is 0.435 e. The number of hydrogen-bond donors (Lipinski definition) is 0. The second kappa shape index (κ2) is 6.75. The number of fused-ring (bicyclic) bond motifs is 1. The molecular weight excluding hydrogens is 395 g/mol. The lowest BCUT2D eigenvalue weighted by Gasteiger charge is -2.09. The van der Waals surface area contributed by atoms with Gasteiger partial charge in [-0.1, -0.05) is 0 Å². The number of benzene rings is 1. The lowest BCUT2D eigenvalue weighted by atomic mass is 10.3. The van der Waals surface area contributed by atoms with E-state index in [-0.39, 0.29) is 11.2 Å². The van der Waals surface area contributed by atoms with Crippen molar-refractivity contribution in [1.29, 1.82) is 0 Å². The molecule has 0 bridgehead atoms. The molecule has 0 spiro atoms. The van der Waals surface area contributed by atoms with E-state index in [4.69, 9.17) is 16.3 Å². The predicted octanol–water partition coefficient (Wildman–Crippen LogP) is 4.98. The van der Waals surface area contributed by atoms with E-state index >= 15 is 0 Å². The van der Waals surface area contributed by atoms with Gasteiger partial charge in [0.2, 0.25) is 5.28 Å². The first-order valence-electron chi connectivity index (χ1n) is 8.02. The maximum Gasteiger partial charge on any atom is 0.435 e. The van der Waals surface area contributed by atoms with Crippen molar-refractivity contribution in [2.45, 2.75) is 13.1 Å². The normalized spacial score (nSPS) is 11.8. The van der Waals surface area contributed by atoms with Gasteiger partial charge in [-0.05, 0) is 61.0 Å². The van der Waals surface area contributed by atoms with Gasteiger partial charge in [-0.15, -0.1) is 0 Å². The number of rotatable bonds is 3. The van der Waals surface area contributed by atoms with Crippen LogP contribution in [-0.4, -0.2) is 24.7 Å². The number of halogens is 4. The standard InChI is InChI=1S/C18H11ClF3N5O/c1-10-9-14(18(20,21)22)26-27(10)11-4-6-12(7-5-11)28-16-15-13(3-2-8-23-15)24-17(19)25-16/h2-9H,1H3. The highest BCUT2D eigenvalue weighted by Crippen LogP contribution is 2.30. The molecule has 4 aromatic rings. The van der Waals surface area contributed by atoms with Crippen molar-refractivity contribution in [2.24, 2.45) is 0 Å². The van der Waals surface area contributed by atoms with Crippen LogP contribution >= 0.6 is 11.6 Å². The largest absolute Gasteiger partial charge is 0.437 e. The topological polar surface area (TPSA) is 65.7 Å². The van der Waals surface area contributed by atoms with Gasteiger partial charge in [0.25, 0.3) is 5.88 Å². The molecule has 0 N–H and O–H groups in total. The molecule has 0 amide bonds. The van der Waals surface area contributed by atoms with Crippen LogP contribution in [-0.2, 0) is 6.18 Å². The van der Waals surface area contributed by atoms with Crippen LogP contribution in [0, 0.1) is 6.92 Å². The van der Waals surface area contributed by atoms with Gasteiger partial charge in [0.05, 0.1) is 11.2 Å². The summed E-state index contributed by atoms with van der Waals surface area (Å²) in [6.07, 6.45) is -2.92. The first kappa shape index (κ1) is 18.2. The van der Waals surface area contributed by atoms with E-state index in [1.54, 1.807) is 49.5 Å². The molecule has 0 fully saturated rings. The summed E-state index contributed by atoms with van der Waals surface area (Å²) in [6.45, 7) is 1.55. The number of hydrogen-bond acceptors (Lipinski definition) is 5. The summed E-state index contributed by atoms with van der Waals surface area (Å²) >= 11 is 5.92. The van der Waals surface area contributed by atoms with Crippen molar-refractivity contribution in [2.75, 3.05) is 0 Å². The Morgan fingerprint density at radius 1 is 1.07 bits per heavy atom. The molecule has 142 valence electrons. The minimum absolute atomic E-state index is 0.0129. The molecule has 0 aliphatic rings. The lowest BCUT2D eigenvalue weighted by molar-refractivity contribution is -0.141. The third-order valence-corrected chi connectivity index (χ3v) is 4.04. The van der Waals surface area contributed by atoms with Crippen molar-refractivity contribution in [1.82, 2.24) is 24.7 Å². The Labute approximate surface area is 161 Å². The van der Waals surface area contributed by atoms with Crippen LogP contribution in [0.15, 0.2) is 48.7 Å². The third-order valence-electron chi connectivity index (χ3n) is 3.87. The molecule has 28 heavy (non-hydrogen) atoms. The molecule has 0 saturated heterocycles. The Morgan fingerprint density at radius 2 is 1.82 bits per heavy atom. The average Bonchev–Trinajstić information content (AvgIpc) is 3.04. The molecule has 3 heterocycles. The molecule has 0 aliphatic carbocycles. The van der Waals surface area contributed by atoms with Crippen LogP contribution in [0.3, 0.4) is 0 Å². The molecule has 6 nitrogen and oxygen atoms in total. The fourth-order valence-corrected chi connectivity index (χ4v) is 2.79. The maximum absolute atomic E-state index is 12.8. The summed E-state index contributed by atoms with van der Waals surface area (Å²) in [4.78, 5) is 12.3. The summed E-state index contributed by atoms with van der Waals surface area (Å²) in [7, 11) is 0. The third kappa shape index (κ3) is 3.48. The van der Waals surface area contributed by atoms with Crippen LogP contribution in [0.25, 0.3) is 16.7 Å². The van der Waals surface area contributed by atoms with Crippen LogP contribution in [0.5, 0.6) is 11.6 Å². The van der Waals surface area contributed by atoms with E-state index in [0.29, 0.717) is 28.2 Å². The van der Waals surface area contributed by atoms with Crippen LogP contribution < -0.4 is 4.74 Å². The van der Waals surface area contributed by atoms with Crippen LogP contribution in [0.2, 0.25) is 5.28 Å². The zero-order valence-electron chi connectivity index (χ0n) is 14.3. The summed E-state index contributed by atoms with van der Waals surface area (Å²) < 4.78 is 45.5. The van der Waals surface area contributed by atoms with Gasteiger partial charge in [-0.2, -0.15) is 23.3 Å². The molecule has 0 radical (unpaired) electrons. The summed E-state index contributed by atoms with van der Waals surface area (Å²) in [6, 6.07) is 10.8. The molecule has 10 heteroatoms. The van der Waals surface area contributed by atoms with Crippen molar-refractivity contribution in [3.8, 4) is 17.3 Å². The molecule has 0 aliphatic heterocycles. The maximum atomic E-state index is 12.8. The van der Waals surface area contributed by atoms with Gasteiger partial charge in [-0.3, -0.25) is 0 Å². The number of aryl methyl sites for hydroxylation is 1. The Balaban J connectivity index is 1.64. The van der Waals surface area contributed by atoms with E-state index in [2.05, 4.69) is 20.1 Å².